The molecule has 0 saturated carbocycles. The van der Waals surface area contributed by atoms with Crippen molar-refractivity contribution in [3.05, 3.63) is 53.6 Å². The third-order valence-corrected chi connectivity index (χ3v) is 6.79. The molecule has 188 valence electrons. The Labute approximate surface area is 215 Å². The fourth-order valence-corrected chi connectivity index (χ4v) is 4.97. The Balaban J connectivity index is 1.32. The number of nitrogens with two attached hydrogens (primary N) is 2. The third kappa shape index (κ3) is 4.07. The zero-order chi connectivity index (χ0) is 25.5. The van der Waals surface area contributed by atoms with Crippen molar-refractivity contribution in [1.82, 2.24) is 44.0 Å². The number of carbonyl (C=O) groups is 1. The molecule has 0 radical (unpaired) electrons. The minimum absolute atomic E-state index is 0.111. The standard InChI is InChI=1S/C23H23ClN12O/c24-16-15-20(31-22(26)36-21(15)30-19(32-36)14-4-1-2-5-27-14)35(17(16)18(25)37)13-10-33-8-11-34(12-9-33)23-28-6-3-7-29-23/h1-7H,8-13H2,(H2,25,37)(H2,26,31). The summed E-state index contributed by atoms with van der Waals surface area (Å²) in [5, 5.41) is 5.09. The summed E-state index contributed by atoms with van der Waals surface area (Å²) in [5.74, 6) is 0.546. The SMILES string of the molecule is NC(=O)c1c(Cl)c2c(nc(N)n3nc(-c4ccccn4)nc23)n1CCN1CCN(c2ncccn2)CC1. The number of pyridine rings is 1. The summed E-state index contributed by atoms with van der Waals surface area (Å²) in [6, 6.07) is 7.24. The van der Waals surface area contributed by atoms with Gasteiger partial charge >= 0.3 is 0 Å². The predicted octanol–water partition coefficient (Wildman–Crippen LogP) is 1.09. The van der Waals surface area contributed by atoms with Crippen LogP contribution in [0.1, 0.15) is 10.5 Å². The van der Waals surface area contributed by atoms with Crippen molar-refractivity contribution in [2.75, 3.05) is 43.4 Å². The second-order valence-electron chi connectivity index (χ2n) is 8.61. The van der Waals surface area contributed by atoms with Crippen LogP contribution in [0.15, 0.2) is 42.9 Å². The number of nitrogen functional groups attached to an aromatic ring is 1. The molecule has 1 amide bonds. The summed E-state index contributed by atoms with van der Waals surface area (Å²) >= 11 is 6.72. The minimum atomic E-state index is -0.657. The van der Waals surface area contributed by atoms with Gasteiger partial charge in [-0.15, -0.1) is 5.10 Å². The number of primary amides is 1. The van der Waals surface area contributed by atoms with Crippen LogP contribution in [0, 0.1) is 0 Å². The number of fused-ring (bicyclic) bond motifs is 3. The van der Waals surface area contributed by atoms with Gasteiger partial charge in [0.2, 0.25) is 17.7 Å². The van der Waals surface area contributed by atoms with Gasteiger partial charge in [-0.2, -0.15) is 9.50 Å². The Kier molecular flexibility index (Phi) is 5.77. The molecule has 6 rings (SSSR count). The molecule has 0 spiro atoms. The molecule has 4 N–H and O–H groups in total. The molecular weight excluding hydrogens is 496 g/mol. The lowest BCUT2D eigenvalue weighted by Crippen LogP contribution is -2.47. The van der Waals surface area contributed by atoms with E-state index < -0.39 is 5.91 Å². The molecule has 0 atom stereocenters. The first kappa shape index (κ1) is 23.1. The Morgan fingerprint density at radius 1 is 0.946 bits per heavy atom. The van der Waals surface area contributed by atoms with E-state index >= 15 is 0 Å². The van der Waals surface area contributed by atoms with E-state index in [0.717, 1.165) is 32.1 Å². The average molecular weight is 519 g/mol. The van der Waals surface area contributed by atoms with Crippen molar-refractivity contribution < 1.29 is 4.79 Å². The lowest BCUT2D eigenvalue weighted by atomic mass is 10.3. The summed E-state index contributed by atoms with van der Waals surface area (Å²) in [6.45, 7) is 4.31. The average Bonchev–Trinajstić information content (AvgIpc) is 3.48. The number of amides is 1. The largest absolute Gasteiger partial charge is 0.368 e. The van der Waals surface area contributed by atoms with Gasteiger partial charge in [0.1, 0.15) is 17.0 Å². The second kappa shape index (κ2) is 9.26. The van der Waals surface area contributed by atoms with Gasteiger partial charge < -0.3 is 20.9 Å². The summed E-state index contributed by atoms with van der Waals surface area (Å²) in [5.41, 5.74) is 13.6. The highest BCUT2D eigenvalue weighted by Crippen LogP contribution is 2.34. The molecule has 5 aromatic rings. The van der Waals surface area contributed by atoms with Crippen LogP contribution in [0.25, 0.3) is 28.2 Å². The normalized spacial score (nSPS) is 14.6. The van der Waals surface area contributed by atoms with Crippen LogP contribution in [0.4, 0.5) is 11.9 Å². The van der Waals surface area contributed by atoms with Gasteiger partial charge in [0.05, 0.1) is 10.4 Å². The fraction of sp³-hybridized carbons (Fsp3) is 0.261. The minimum Gasteiger partial charge on any atom is -0.368 e. The quantitative estimate of drug-likeness (QED) is 0.332. The molecule has 1 aliphatic rings. The number of nitrogens with zero attached hydrogens (tertiary/aromatic N) is 10. The lowest BCUT2D eigenvalue weighted by Gasteiger charge is -2.34. The van der Waals surface area contributed by atoms with Crippen LogP contribution in [-0.2, 0) is 6.54 Å². The highest BCUT2D eigenvalue weighted by molar-refractivity contribution is 6.40. The van der Waals surface area contributed by atoms with Crippen LogP contribution in [-0.4, -0.2) is 82.6 Å². The predicted molar refractivity (Wildman–Crippen MR) is 138 cm³/mol. The fourth-order valence-electron chi connectivity index (χ4n) is 4.61. The zero-order valence-electron chi connectivity index (χ0n) is 19.7. The van der Waals surface area contributed by atoms with Crippen molar-refractivity contribution in [3.8, 4) is 11.5 Å². The van der Waals surface area contributed by atoms with Crippen LogP contribution in [0.3, 0.4) is 0 Å². The Hall–Kier alpha value is -4.36. The van der Waals surface area contributed by atoms with Gasteiger partial charge in [-0.05, 0) is 18.2 Å². The van der Waals surface area contributed by atoms with Crippen molar-refractivity contribution in [2.24, 2.45) is 5.73 Å². The number of hydrogen-bond donors (Lipinski definition) is 2. The number of rotatable bonds is 6. The molecular formula is C23H23ClN12O. The first-order valence-electron chi connectivity index (χ1n) is 11.7. The molecule has 0 unspecified atom stereocenters. The Morgan fingerprint density at radius 3 is 2.41 bits per heavy atom. The molecule has 5 aromatic heterocycles. The summed E-state index contributed by atoms with van der Waals surface area (Å²) in [6.07, 6.45) is 5.14. The summed E-state index contributed by atoms with van der Waals surface area (Å²) in [4.78, 5) is 39.1. The van der Waals surface area contributed by atoms with Gasteiger partial charge in [0.15, 0.2) is 5.65 Å². The third-order valence-electron chi connectivity index (χ3n) is 6.42. The van der Waals surface area contributed by atoms with Gasteiger partial charge in [0.25, 0.3) is 5.91 Å². The van der Waals surface area contributed by atoms with Gasteiger partial charge in [-0.3, -0.25) is 14.7 Å². The highest BCUT2D eigenvalue weighted by atomic mass is 35.5. The van der Waals surface area contributed by atoms with Crippen LogP contribution in [0.5, 0.6) is 0 Å². The second-order valence-corrected chi connectivity index (χ2v) is 8.99. The number of carbonyl (C=O) groups excluding carboxylic acids is 1. The number of aromatic nitrogens is 8. The summed E-state index contributed by atoms with van der Waals surface area (Å²) in [7, 11) is 0. The number of hydrogen-bond acceptors (Lipinski definition) is 10. The van der Waals surface area contributed by atoms with Gasteiger partial charge in [-0.25, -0.2) is 15.0 Å². The first-order chi connectivity index (χ1) is 18.0. The van der Waals surface area contributed by atoms with Crippen molar-refractivity contribution >= 4 is 46.1 Å². The maximum absolute atomic E-state index is 12.5. The number of piperazine rings is 1. The van der Waals surface area contributed by atoms with Gasteiger partial charge in [-0.1, -0.05) is 17.7 Å². The van der Waals surface area contributed by atoms with Crippen molar-refractivity contribution in [1.29, 1.82) is 0 Å². The lowest BCUT2D eigenvalue weighted by molar-refractivity contribution is 0.0991. The molecule has 0 bridgehead atoms. The monoisotopic (exact) mass is 518 g/mol. The molecule has 0 aliphatic carbocycles. The summed E-state index contributed by atoms with van der Waals surface area (Å²) < 4.78 is 3.12. The molecule has 6 heterocycles. The topological polar surface area (TPSA) is 162 Å². The van der Waals surface area contributed by atoms with E-state index in [1.165, 1.54) is 4.52 Å². The Morgan fingerprint density at radius 2 is 1.70 bits per heavy atom. The van der Waals surface area contributed by atoms with E-state index in [-0.39, 0.29) is 16.7 Å². The molecule has 13 nitrogen and oxygen atoms in total. The highest BCUT2D eigenvalue weighted by Gasteiger charge is 2.27. The van der Waals surface area contributed by atoms with E-state index in [9.17, 15) is 4.79 Å². The molecule has 0 aromatic carbocycles. The maximum Gasteiger partial charge on any atom is 0.266 e. The van der Waals surface area contributed by atoms with Gasteiger partial charge in [0, 0.05) is 57.9 Å². The smallest absolute Gasteiger partial charge is 0.266 e. The first-order valence-corrected chi connectivity index (χ1v) is 12.1. The Bertz CT molecular complexity index is 1590. The van der Waals surface area contributed by atoms with E-state index in [1.54, 1.807) is 41.4 Å². The van der Waals surface area contributed by atoms with Crippen LogP contribution in [0.2, 0.25) is 5.02 Å². The molecule has 1 fully saturated rings. The molecule has 1 saturated heterocycles. The van der Waals surface area contributed by atoms with E-state index in [2.05, 4.69) is 39.8 Å². The van der Waals surface area contributed by atoms with Crippen molar-refractivity contribution in [3.63, 3.8) is 0 Å². The molecule has 1 aliphatic heterocycles. The zero-order valence-corrected chi connectivity index (χ0v) is 20.5. The van der Waals surface area contributed by atoms with E-state index in [4.69, 9.17) is 23.1 Å². The van der Waals surface area contributed by atoms with Crippen LogP contribution < -0.4 is 16.4 Å². The van der Waals surface area contributed by atoms with Crippen LogP contribution >= 0.6 is 11.6 Å². The van der Waals surface area contributed by atoms with E-state index in [0.29, 0.717) is 41.3 Å². The number of halogens is 1. The molecule has 37 heavy (non-hydrogen) atoms. The number of anilines is 2. The van der Waals surface area contributed by atoms with E-state index in [1.807, 2.05) is 6.07 Å². The molecule has 14 heteroatoms. The maximum atomic E-state index is 12.5. The van der Waals surface area contributed by atoms with Crippen molar-refractivity contribution in [2.45, 2.75) is 6.54 Å².